The molecule has 1 saturated heterocycles. The van der Waals surface area contributed by atoms with E-state index in [-0.39, 0.29) is 11.7 Å². The lowest BCUT2D eigenvalue weighted by molar-refractivity contribution is -0.113. The molecule has 0 unspecified atom stereocenters. The zero-order valence-electron chi connectivity index (χ0n) is 19.6. The highest BCUT2D eigenvalue weighted by molar-refractivity contribution is 7.99. The number of pyridine rings is 1. The summed E-state index contributed by atoms with van der Waals surface area (Å²) in [4.78, 5) is 30.1. The van der Waals surface area contributed by atoms with Crippen molar-refractivity contribution < 1.29 is 14.3 Å². The highest BCUT2D eigenvalue weighted by atomic mass is 32.2. The van der Waals surface area contributed by atoms with Crippen LogP contribution in [0.15, 0.2) is 29.6 Å². The number of hydrogen-bond donors (Lipinski definition) is 2. The first kappa shape index (κ1) is 23.9. The standard InChI is InChI=1S/C24H28N6O3S/c1-15-22-18(12-26-23(15)25-2)28-24(29-22)34-14-21(31)27-17-5-6-19(32-4)20(11-17)33-13-16-7-9-30(3)10-8-16/h5-6,11-12,16H,7-10,13-14H2,1,3-4H3,(H,27,31)(H,28,29). The van der Waals surface area contributed by atoms with Crippen molar-refractivity contribution in [2.24, 2.45) is 5.92 Å². The molecule has 3 aromatic rings. The fourth-order valence-corrected chi connectivity index (χ4v) is 4.57. The number of imidazole rings is 1. The fourth-order valence-electron chi connectivity index (χ4n) is 3.89. The van der Waals surface area contributed by atoms with Gasteiger partial charge in [-0.15, -0.1) is 4.98 Å². The van der Waals surface area contributed by atoms with Crippen LogP contribution in [0.5, 0.6) is 11.5 Å². The van der Waals surface area contributed by atoms with Crippen LogP contribution in [-0.4, -0.2) is 65.4 Å². The second-order valence-electron chi connectivity index (χ2n) is 8.38. The van der Waals surface area contributed by atoms with Gasteiger partial charge in [-0.05, 0) is 58.0 Å². The zero-order chi connectivity index (χ0) is 24.1. The van der Waals surface area contributed by atoms with Gasteiger partial charge in [0.25, 0.3) is 5.82 Å². The number of carbonyl (C=O) groups is 1. The summed E-state index contributed by atoms with van der Waals surface area (Å²) in [6.07, 6.45) is 3.82. The number of fused-ring (bicyclic) bond motifs is 1. The zero-order valence-corrected chi connectivity index (χ0v) is 20.4. The molecule has 0 radical (unpaired) electrons. The molecule has 1 amide bonds. The maximum absolute atomic E-state index is 12.6. The van der Waals surface area contributed by atoms with Crippen molar-refractivity contribution in [1.82, 2.24) is 19.9 Å². The summed E-state index contributed by atoms with van der Waals surface area (Å²) in [6.45, 7) is 11.8. The Morgan fingerprint density at radius 3 is 2.88 bits per heavy atom. The van der Waals surface area contributed by atoms with Crippen molar-refractivity contribution in [2.75, 3.05) is 44.9 Å². The molecule has 0 saturated carbocycles. The summed E-state index contributed by atoms with van der Waals surface area (Å²) >= 11 is 1.29. The highest BCUT2D eigenvalue weighted by Crippen LogP contribution is 2.32. The Bertz CT molecular complexity index is 1210. The quantitative estimate of drug-likeness (QED) is 0.367. The number of aryl methyl sites for hydroxylation is 1. The minimum Gasteiger partial charge on any atom is -0.493 e. The second kappa shape index (κ2) is 10.8. The average Bonchev–Trinajstić information content (AvgIpc) is 3.27. The Kier molecular flexibility index (Phi) is 7.55. The number of H-pyrrole nitrogens is 1. The topological polar surface area (TPSA) is 96.7 Å². The van der Waals surface area contributed by atoms with E-state index in [1.54, 1.807) is 31.5 Å². The summed E-state index contributed by atoms with van der Waals surface area (Å²) in [5.74, 6) is 2.15. The number of aromatic nitrogens is 3. The minimum absolute atomic E-state index is 0.159. The molecule has 1 aliphatic rings. The van der Waals surface area contributed by atoms with E-state index in [4.69, 9.17) is 16.0 Å². The third-order valence-corrected chi connectivity index (χ3v) is 6.80. The minimum atomic E-state index is -0.159. The predicted molar refractivity (Wildman–Crippen MR) is 133 cm³/mol. The van der Waals surface area contributed by atoms with E-state index in [1.807, 2.05) is 6.92 Å². The molecule has 3 heterocycles. The van der Waals surface area contributed by atoms with E-state index < -0.39 is 0 Å². The number of thioether (sulfide) groups is 1. The van der Waals surface area contributed by atoms with Crippen LogP contribution in [0.4, 0.5) is 11.5 Å². The molecule has 0 bridgehead atoms. The molecule has 1 aliphatic heterocycles. The number of piperidine rings is 1. The van der Waals surface area contributed by atoms with Crippen LogP contribution in [0.25, 0.3) is 15.9 Å². The molecule has 0 aliphatic carbocycles. The van der Waals surface area contributed by atoms with Gasteiger partial charge in [0.2, 0.25) is 5.91 Å². The molecule has 2 aromatic heterocycles. The lowest BCUT2D eigenvalue weighted by atomic mass is 9.98. The number of likely N-dealkylation sites (tertiary alicyclic amines) is 1. The van der Waals surface area contributed by atoms with E-state index in [2.05, 4.69) is 37.1 Å². The number of carbonyl (C=O) groups excluding carboxylic acids is 1. The Morgan fingerprint density at radius 1 is 1.35 bits per heavy atom. The predicted octanol–water partition coefficient (Wildman–Crippen LogP) is 4.28. The van der Waals surface area contributed by atoms with Crippen LogP contribution in [0.2, 0.25) is 0 Å². The number of methoxy groups -OCH3 is 1. The van der Waals surface area contributed by atoms with Crippen LogP contribution < -0.4 is 14.8 Å². The molecule has 0 atom stereocenters. The summed E-state index contributed by atoms with van der Waals surface area (Å²) in [5, 5.41) is 3.52. The number of aromatic amines is 1. The number of ether oxygens (including phenoxy) is 2. The lowest BCUT2D eigenvalue weighted by Gasteiger charge is -2.28. The monoisotopic (exact) mass is 480 g/mol. The normalized spacial score (nSPS) is 14.6. The van der Waals surface area contributed by atoms with Gasteiger partial charge in [-0.3, -0.25) is 4.79 Å². The molecule has 1 aromatic carbocycles. The summed E-state index contributed by atoms with van der Waals surface area (Å²) in [5.41, 5.74) is 2.82. The van der Waals surface area contributed by atoms with Crippen LogP contribution in [0.3, 0.4) is 0 Å². The van der Waals surface area contributed by atoms with E-state index in [0.717, 1.165) is 37.0 Å². The molecule has 9 nitrogen and oxygen atoms in total. The fraction of sp³-hybridized carbons (Fsp3) is 0.417. The highest BCUT2D eigenvalue weighted by Gasteiger charge is 2.18. The molecule has 178 valence electrons. The molecule has 2 N–H and O–H groups in total. The third kappa shape index (κ3) is 5.61. The van der Waals surface area contributed by atoms with Crippen molar-refractivity contribution in [3.05, 3.63) is 41.4 Å². The Morgan fingerprint density at radius 2 is 2.15 bits per heavy atom. The number of amides is 1. The van der Waals surface area contributed by atoms with Gasteiger partial charge in [0, 0.05) is 17.3 Å². The van der Waals surface area contributed by atoms with Gasteiger partial charge >= 0.3 is 0 Å². The molecule has 0 spiro atoms. The van der Waals surface area contributed by atoms with E-state index >= 15 is 0 Å². The molecular weight excluding hydrogens is 452 g/mol. The lowest BCUT2D eigenvalue weighted by Crippen LogP contribution is -2.32. The second-order valence-corrected chi connectivity index (χ2v) is 9.35. The number of hydrogen-bond acceptors (Lipinski definition) is 7. The van der Waals surface area contributed by atoms with Gasteiger partial charge in [0.15, 0.2) is 16.7 Å². The Balaban J connectivity index is 1.35. The van der Waals surface area contributed by atoms with Crippen LogP contribution in [-0.2, 0) is 4.79 Å². The van der Waals surface area contributed by atoms with Crippen LogP contribution >= 0.6 is 11.8 Å². The molecule has 34 heavy (non-hydrogen) atoms. The van der Waals surface area contributed by atoms with Gasteiger partial charge in [0.1, 0.15) is 11.7 Å². The number of nitrogens with zero attached hydrogens (tertiary/aromatic N) is 4. The first-order chi connectivity index (χ1) is 16.5. The van der Waals surface area contributed by atoms with Gasteiger partial charge in [-0.2, -0.15) is 0 Å². The van der Waals surface area contributed by atoms with Gasteiger partial charge in [-0.1, -0.05) is 18.3 Å². The largest absolute Gasteiger partial charge is 0.493 e. The summed E-state index contributed by atoms with van der Waals surface area (Å²) < 4.78 is 11.5. The Labute approximate surface area is 203 Å². The molecular formula is C24H28N6O3S. The first-order valence-corrected chi connectivity index (χ1v) is 12.1. The van der Waals surface area contributed by atoms with Crippen molar-refractivity contribution in [3.8, 4) is 11.5 Å². The SMILES string of the molecule is [C-]#[N+]c1ncc2[nH]c(SCC(=O)Nc3ccc(OC)c(OCC4CCN(C)CC4)c3)nc2c1C. The summed E-state index contributed by atoms with van der Waals surface area (Å²) in [6, 6.07) is 5.40. The maximum Gasteiger partial charge on any atom is 0.274 e. The summed E-state index contributed by atoms with van der Waals surface area (Å²) in [7, 11) is 3.75. The van der Waals surface area contributed by atoms with E-state index in [9.17, 15) is 4.79 Å². The number of anilines is 1. The first-order valence-electron chi connectivity index (χ1n) is 11.1. The van der Waals surface area contributed by atoms with E-state index in [0.29, 0.717) is 46.2 Å². The number of nitrogens with one attached hydrogen (secondary N) is 2. The van der Waals surface area contributed by atoms with Crippen LogP contribution in [0.1, 0.15) is 18.4 Å². The molecule has 4 rings (SSSR count). The maximum atomic E-state index is 12.6. The van der Waals surface area contributed by atoms with Crippen molar-refractivity contribution in [3.63, 3.8) is 0 Å². The number of benzene rings is 1. The van der Waals surface area contributed by atoms with Crippen molar-refractivity contribution in [1.29, 1.82) is 0 Å². The van der Waals surface area contributed by atoms with Crippen molar-refractivity contribution in [2.45, 2.75) is 24.9 Å². The van der Waals surface area contributed by atoms with Gasteiger partial charge < -0.3 is 29.5 Å². The number of rotatable bonds is 8. The van der Waals surface area contributed by atoms with Crippen molar-refractivity contribution >= 4 is 40.2 Å². The van der Waals surface area contributed by atoms with Gasteiger partial charge in [-0.25, -0.2) is 4.98 Å². The average molecular weight is 481 g/mol. The smallest absolute Gasteiger partial charge is 0.274 e. The molecule has 1 fully saturated rings. The van der Waals surface area contributed by atoms with Gasteiger partial charge in [0.05, 0.1) is 25.0 Å². The third-order valence-electron chi connectivity index (χ3n) is 5.92. The van der Waals surface area contributed by atoms with E-state index in [1.165, 1.54) is 11.8 Å². The van der Waals surface area contributed by atoms with Crippen LogP contribution in [0, 0.1) is 19.4 Å². The molecule has 10 heteroatoms. The Hall–Kier alpha value is -3.29.